The van der Waals surface area contributed by atoms with Crippen molar-refractivity contribution >= 4 is 0 Å². The Morgan fingerprint density at radius 1 is 1.28 bits per heavy atom. The summed E-state index contributed by atoms with van der Waals surface area (Å²) < 4.78 is 27.3. The number of hydrogen-bond acceptors (Lipinski definition) is 1. The topological polar surface area (TPSA) is 12.0 Å². The Morgan fingerprint density at radius 3 is 2.39 bits per heavy atom. The van der Waals surface area contributed by atoms with Gasteiger partial charge in [0.1, 0.15) is 11.6 Å². The van der Waals surface area contributed by atoms with Crippen LogP contribution in [0.4, 0.5) is 8.78 Å². The molecule has 1 N–H and O–H groups in total. The molecule has 0 aliphatic heterocycles. The third-order valence-corrected chi connectivity index (χ3v) is 4.10. The molecule has 0 amide bonds. The fourth-order valence-electron chi connectivity index (χ4n) is 2.55. The normalized spacial score (nSPS) is 18.7. The summed E-state index contributed by atoms with van der Waals surface area (Å²) >= 11 is 0. The monoisotopic (exact) mass is 253 g/mol. The molecule has 18 heavy (non-hydrogen) atoms. The Morgan fingerprint density at radius 2 is 1.89 bits per heavy atom. The molecule has 1 saturated carbocycles. The molecule has 0 saturated heterocycles. The van der Waals surface area contributed by atoms with Gasteiger partial charge in [-0.3, -0.25) is 0 Å². The number of nitrogens with one attached hydrogen (secondary N) is 1. The van der Waals surface area contributed by atoms with Crippen LogP contribution in [0.5, 0.6) is 0 Å². The van der Waals surface area contributed by atoms with Gasteiger partial charge in [0.15, 0.2) is 0 Å². The third kappa shape index (κ3) is 2.72. The molecule has 0 radical (unpaired) electrons. The highest BCUT2D eigenvalue weighted by atomic mass is 19.1. The van der Waals surface area contributed by atoms with E-state index in [1.165, 1.54) is 18.2 Å². The van der Waals surface area contributed by atoms with Gasteiger partial charge < -0.3 is 5.32 Å². The van der Waals surface area contributed by atoms with Gasteiger partial charge in [-0.1, -0.05) is 13.0 Å². The average molecular weight is 253 g/mol. The lowest BCUT2D eigenvalue weighted by Gasteiger charge is -2.25. The minimum absolute atomic E-state index is 0.0538. The van der Waals surface area contributed by atoms with E-state index in [1.807, 2.05) is 0 Å². The second-order valence-corrected chi connectivity index (χ2v) is 5.42. The fourth-order valence-corrected chi connectivity index (χ4v) is 2.55. The summed E-state index contributed by atoms with van der Waals surface area (Å²) in [6, 6.07) is 4.43. The first-order chi connectivity index (χ1) is 8.59. The summed E-state index contributed by atoms with van der Waals surface area (Å²) in [6.07, 6.45) is 3.69. The zero-order chi connectivity index (χ0) is 13.2. The lowest BCUT2D eigenvalue weighted by Crippen LogP contribution is -2.36. The van der Waals surface area contributed by atoms with Crippen LogP contribution in [0.1, 0.15) is 38.7 Å². The molecule has 0 spiro atoms. The highest BCUT2D eigenvalue weighted by Crippen LogP contribution is 2.51. The van der Waals surface area contributed by atoms with E-state index in [-0.39, 0.29) is 11.0 Å². The Labute approximate surface area is 108 Å². The van der Waals surface area contributed by atoms with Crippen molar-refractivity contribution in [3.8, 4) is 0 Å². The first kappa shape index (κ1) is 13.5. The highest BCUT2D eigenvalue weighted by molar-refractivity contribution is 5.23. The maximum absolute atomic E-state index is 13.7. The number of benzene rings is 1. The van der Waals surface area contributed by atoms with Crippen LogP contribution in [0.15, 0.2) is 18.2 Å². The molecule has 1 nitrogen and oxygen atoms in total. The standard InChI is InChI=1S/C15H21F2N/c1-3-9-18-11(2)15(7-8-15)10-12-13(16)5-4-6-14(12)17/h4-6,11,18H,3,7-10H2,1-2H3. The van der Waals surface area contributed by atoms with Gasteiger partial charge in [0.25, 0.3) is 0 Å². The van der Waals surface area contributed by atoms with Crippen molar-refractivity contribution in [3.63, 3.8) is 0 Å². The summed E-state index contributed by atoms with van der Waals surface area (Å²) in [7, 11) is 0. The summed E-state index contributed by atoms with van der Waals surface area (Å²) in [6.45, 7) is 5.21. The molecule has 1 unspecified atom stereocenters. The molecule has 1 aliphatic carbocycles. The minimum atomic E-state index is -0.413. The fraction of sp³-hybridized carbons (Fsp3) is 0.600. The maximum Gasteiger partial charge on any atom is 0.129 e. The van der Waals surface area contributed by atoms with Gasteiger partial charge in [-0.15, -0.1) is 0 Å². The van der Waals surface area contributed by atoms with E-state index in [2.05, 4.69) is 19.2 Å². The van der Waals surface area contributed by atoms with Gasteiger partial charge in [0.2, 0.25) is 0 Å². The zero-order valence-electron chi connectivity index (χ0n) is 11.1. The molecule has 0 bridgehead atoms. The van der Waals surface area contributed by atoms with Gasteiger partial charge in [-0.2, -0.15) is 0 Å². The summed E-state index contributed by atoms with van der Waals surface area (Å²) in [4.78, 5) is 0. The van der Waals surface area contributed by atoms with Crippen LogP contribution in [-0.2, 0) is 6.42 Å². The SMILES string of the molecule is CCCNC(C)C1(Cc2c(F)cccc2F)CC1. The van der Waals surface area contributed by atoms with E-state index < -0.39 is 11.6 Å². The van der Waals surface area contributed by atoms with Crippen molar-refractivity contribution < 1.29 is 8.78 Å². The van der Waals surface area contributed by atoms with Crippen LogP contribution in [0.2, 0.25) is 0 Å². The molecular weight excluding hydrogens is 232 g/mol. The van der Waals surface area contributed by atoms with Crippen molar-refractivity contribution in [1.29, 1.82) is 0 Å². The molecule has 0 heterocycles. The number of rotatable bonds is 6. The Bertz CT molecular complexity index is 393. The first-order valence-corrected chi connectivity index (χ1v) is 6.75. The van der Waals surface area contributed by atoms with E-state index in [1.54, 1.807) is 0 Å². The second kappa shape index (κ2) is 5.35. The van der Waals surface area contributed by atoms with Crippen molar-refractivity contribution in [1.82, 2.24) is 5.32 Å². The van der Waals surface area contributed by atoms with Crippen LogP contribution in [0.25, 0.3) is 0 Å². The van der Waals surface area contributed by atoms with Crippen molar-refractivity contribution in [2.75, 3.05) is 6.54 Å². The van der Waals surface area contributed by atoms with Gasteiger partial charge in [0, 0.05) is 11.6 Å². The molecule has 1 atom stereocenters. The third-order valence-electron chi connectivity index (χ3n) is 4.10. The molecule has 1 aliphatic rings. The van der Waals surface area contributed by atoms with Crippen molar-refractivity contribution in [2.45, 2.75) is 45.6 Å². The van der Waals surface area contributed by atoms with Crippen LogP contribution >= 0.6 is 0 Å². The average Bonchev–Trinajstić information content (AvgIpc) is 3.12. The first-order valence-electron chi connectivity index (χ1n) is 6.75. The zero-order valence-corrected chi connectivity index (χ0v) is 11.1. The molecule has 0 aromatic heterocycles. The van der Waals surface area contributed by atoms with Crippen LogP contribution in [0, 0.1) is 17.0 Å². The number of halogens is 2. The lowest BCUT2D eigenvalue weighted by atomic mass is 9.89. The highest BCUT2D eigenvalue weighted by Gasteiger charge is 2.47. The quantitative estimate of drug-likeness (QED) is 0.815. The van der Waals surface area contributed by atoms with E-state index in [0.29, 0.717) is 12.5 Å². The van der Waals surface area contributed by atoms with E-state index in [9.17, 15) is 8.78 Å². The van der Waals surface area contributed by atoms with Gasteiger partial charge in [-0.25, -0.2) is 8.78 Å². The van der Waals surface area contributed by atoms with Gasteiger partial charge >= 0.3 is 0 Å². The molecule has 1 aromatic rings. The molecule has 3 heteroatoms. The van der Waals surface area contributed by atoms with E-state index in [0.717, 1.165) is 25.8 Å². The molecule has 1 fully saturated rings. The van der Waals surface area contributed by atoms with E-state index in [4.69, 9.17) is 0 Å². The summed E-state index contributed by atoms with van der Waals surface area (Å²) in [5.74, 6) is -0.826. The Kier molecular flexibility index (Phi) is 4.00. The number of hydrogen-bond donors (Lipinski definition) is 1. The molecule has 100 valence electrons. The van der Waals surface area contributed by atoms with E-state index >= 15 is 0 Å². The van der Waals surface area contributed by atoms with Gasteiger partial charge in [-0.05, 0) is 56.7 Å². The van der Waals surface area contributed by atoms with Crippen molar-refractivity contribution in [2.24, 2.45) is 5.41 Å². The predicted octanol–water partition coefficient (Wildman–Crippen LogP) is 3.68. The maximum atomic E-state index is 13.7. The minimum Gasteiger partial charge on any atom is -0.314 e. The second-order valence-electron chi connectivity index (χ2n) is 5.42. The molecule has 1 aromatic carbocycles. The Balaban J connectivity index is 2.09. The largest absolute Gasteiger partial charge is 0.314 e. The molecule has 2 rings (SSSR count). The van der Waals surface area contributed by atoms with Crippen LogP contribution in [-0.4, -0.2) is 12.6 Å². The summed E-state index contributed by atoms with van der Waals surface area (Å²) in [5, 5.41) is 3.45. The Hall–Kier alpha value is -0.960. The smallest absolute Gasteiger partial charge is 0.129 e. The van der Waals surface area contributed by atoms with Crippen LogP contribution < -0.4 is 5.32 Å². The molecular formula is C15H21F2N. The predicted molar refractivity (Wildman–Crippen MR) is 69.5 cm³/mol. The van der Waals surface area contributed by atoms with Gasteiger partial charge in [0.05, 0.1) is 0 Å². The van der Waals surface area contributed by atoms with Crippen molar-refractivity contribution in [3.05, 3.63) is 35.4 Å². The van der Waals surface area contributed by atoms with Crippen LogP contribution in [0.3, 0.4) is 0 Å². The lowest BCUT2D eigenvalue weighted by molar-refractivity contribution is 0.341. The summed E-state index contributed by atoms with van der Waals surface area (Å²) in [5.41, 5.74) is 0.304.